The highest BCUT2D eigenvalue weighted by Gasteiger charge is 2.23. The Morgan fingerprint density at radius 2 is 1.88 bits per heavy atom. The summed E-state index contributed by atoms with van der Waals surface area (Å²) in [5.41, 5.74) is 5.24. The number of aliphatic hydroxyl groups is 1. The van der Waals surface area contributed by atoms with E-state index in [-0.39, 0.29) is 12.4 Å². The summed E-state index contributed by atoms with van der Waals surface area (Å²) in [7, 11) is 0. The molecule has 1 aromatic rings. The summed E-state index contributed by atoms with van der Waals surface area (Å²) in [4.78, 5) is 0. The van der Waals surface area contributed by atoms with Gasteiger partial charge in [0, 0.05) is 6.04 Å². The maximum absolute atomic E-state index is 12.8. The molecule has 0 amide bonds. The maximum Gasteiger partial charge on any atom is 0.159 e. The predicted molar refractivity (Wildman–Crippen MR) is 61.6 cm³/mol. The van der Waals surface area contributed by atoms with E-state index in [1.807, 2.05) is 0 Å². The van der Waals surface area contributed by atoms with Crippen LogP contribution in [0.3, 0.4) is 0 Å². The summed E-state index contributed by atoms with van der Waals surface area (Å²) in [6.07, 6.45) is 0.306. The maximum atomic E-state index is 12.8. The normalized spacial score (nSPS) is 13.1. The highest BCUT2D eigenvalue weighted by molar-refractivity contribution is 5.85. The van der Waals surface area contributed by atoms with Gasteiger partial charge in [-0.2, -0.15) is 0 Å². The van der Waals surface area contributed by atoms with E-state index in [1.54, 1.807) is 13.8 Å². The van der Waals surface area contributed by atoms with Gasteiger partial charge >= 0.3 is 0 Å². The predicted octanol–water partition coefficient (Wildman–Crippen LogP) is 2.03. The van der Waals surface area contributed by atoms with Gasteiger partial charge in [-0.15, -0.1) is 12.4 Å². The van der Waals surface area contributed by atoms with E-state index in [4.69, 9.17) is 5.73 Å². The van der Waals surface area contributed by atoms with Crippen LogP contribution in [0.5, 0.6) is 0 Å². The summed E-state index contributed by atoms with van der Waals surface area (Å²) in [6.45, 7) is 3.16. The first-order valence-corrected chi connectivity index (χ1v) is 4.72. The zero-order chi connectivity index (χ0) is 11.6. The molecule has 0 saturated heterocycles. The van der Waals surface area contributed by atoms with Crippen molar-refractivity contribution in [2.75, 3.05) is 0 Å². The van der Waals surface area contributed by atoms with Crippen LogP contribution in [0.15, 0.2) is 18.2 Å². The van der Waals surface area contributed by atoms with Gasteiger partial charge in [0.2, 0.25) is 0 Å². The van der Waals surface area contributed by atoms with Gasteiger partial charge in [-0.3, -0.25) is 0 Å². The van der Waals surface area contributed by atoms with Gasteiger partial charge in [0.05, 0.1) is 5.60 Å². The first-order chi connectivity index (χ1) is 6.80. The number of halogens is 3. The van der Waals surface area contributed by atoms with Crippen LogP contribution in [-0.4, -0.2) is 16.7 Å². The summed E-state index contributed by atoms with van der Waals surface area (Å²) >= 11 is 0. The number of hydrogen-bond acceptors (Lipinski definition) is 2. The molecule has 0 aliphatic rings. The van der Waals surface area contributed by atoms with E-state index in [0.717, 1.165) is 12.1 Å². The van der Waals surface area contributed by atoms with Gasteiger partial charge in [0.15, 0.2) is 11.6 Å². The highest BCUT2D eigenvalue weighted by Crippen LogP contribution is 2.14. The molecule has 0 aliphatic carbocycles. The second kappa shape index (κ2) is 5.57. The molecule has 0 radical (unpaired) electrons. The standard InChI is InChI=1S/C11H15F2NO.ClH/c1-11(2,15)10(14)6-7-3-4-8(12)9(13)5-7;/h3-5,10,15H,6,14H2,1-2H3;1H/t10-;/m1./s1. The minimum Gasteiger partial charge on any atom is -0.389 e. The highest BCUT2D eigenvalue weighted by atomic mass is 35.5. The lowest BCUT2D eigenvalue weighted by Crippen LogP contribution is -2.44. The van der Waals surface area contributed by atoms with Crippen molar-refractivity contribution in [3.63, 3.8) is 0 Å². The Balaban J connectivity index is 0.00000225. The van der Waals surface area contributed by atoms with E-state index in [0.29, 0.717) is 12.0 Å². The van der Waals surface area contributed by atoms with Gasteiger partial charge < -0.3 is 10.8 Å². The Labute approximate surface area is 99.9 Å². The van der Waals surface area contributed by atoms with E-state index < -0.39 is 23.3 Å². The molecule has 0 aliphatic heterocycles. The molecule has 0 unspecified atom stereocenters. The third-order valence-electron chi connectivity index (χ3n) is 2.35. The number of hydrogen-bond donors (Lipinski definition) is 2. The molecular formula is C11H16ClF2NO. The van der Waals surface area contributed by atoms with E-state index in [2.05, 4.69) is 0 Å². The Hall–Kier alpha value is -0.710. The summed E-state index contributed by atoms with van der Waals surface area (Å²) in [5, 5.41) is 9.58. The van der Waals surface area contributed by atoms with Crippen molar-refractivity contribution in [2.45, 2.75) is 31.9 Å². The van der Waals surface area contributed by atoms with Crippen LogP contribution in [0.2, 0.25) is 0 Å². The summed E-state index contributed by atoms with van der Waals surface area (Å²) in [6, 6.07) is 3.11. The fourth-order valence-corrected chi connectivity index (χ4v) is 1.17. The third kappa shape index (κ3) is 4.04. The molecule has 1 aromatic carbocycles. The van der Waals surface area contributed by atoms with Crippen LogP contribution in [0, 0.1) is 11.6 Å². The monoisotopic (exact) mass is 251 g/mol. The van der Waals surface area contributed by atoms with Crippen molar-refractivity contribution in [1.82, 2.24) is 0 Å². The fraction of sp³-hybridized carbons (Fsp3) is 0.455. The van der Waals surface area contributed by atoms with E-state index >= 15 is 0 Å². The zero-order valence-electron chi connectivity index (χ0n) is 9.21. The molecule has 1 rings (SSSR count). The van der Waals surface area contributed by atoms with Gasteiger partial charge in [-0.1, -0.05) is 6.07 Å². The van der Waals surface area contributed by atoms with Crippen LogP contribution in [0.1, 0.15) is 19.4 Å². The quantitative estimate of drug-likeness (QED) is 0.864. The second-order valence-electron chi connectivity index (χ2n) is 4.21. The van der Waals surface area contributed by atoms with Crippen LogP contribution in [-0.2, 0) is 6.42 Å². The van der Waals surface area contributed by atoms with E-state index in [9.17, 15) is 13.9 Å². The molecule has 2 nitrogen and oxygen atoms in total. The lowest BCUT2D eigenvalue weighted by atomic mass is 9.93. The molecule has 0 fully saturated rings. The zero-order valence-corrected chi connectivity index (χ0v) is 10.0. The molecule has 5 heteroatoms. The minimum absolute atomic E-state index is 0. The average Bonchev–Trinajstić information content (AvgIpc) is 2.10. The van der Waals surface area contributed by atoms with Gasteiger partial charge in [0.25, 0.3) is 0 Å². The summed E-state index contributed by atoms with van der Waals surface area (Å²) < 4.78 is 25.5. The molecule has 0 spiro atoms. The largest absolute Gasteiger partial charge is 0.389 e. The number of rotatable bonds is 3. The molecule has 0 heterocycles. The fourth-order valence-electron chi connectivity index (χ4n) is 1.17. The van der Waals surface area contributed by atoms with Crippen LogP contribution < -0.4 is 5.73 Å². The first kappa shape index (κ1) is 15.3. The molecule has 0 bridgehead atoms. The van der Waals surface area contributed by atoms with Gasteiger partial charge in [-0.25, -0.2) is 8.78 Å². The van der Waals surface area contributed by atoms with Crippen molar-refractivity contribution in [1.29, 1.82) is 0 Å². The molecule has 92 valence electrons. The van der Waals surface area contributed by atoms with Gasteiger partial charge in [-0.05, 0) is 38.0 Å². The average molecular weight is 252 g/mol. The summed E-state index contributed by atoms with van der Waals surface area (Å²) in [5.74, 6) is -1.77. The smallest absolute Gasteiger partial charge is 0.159 e. The topological polar surface area (TPSA) is 46.2 Å². The van der Waals surface area contributed by atoms with E-state index in [1.165, 1.54) is 6.07 Å². The van der Waals surface area contributed by atoms with Crippen molar-refractivity contribution < 1.29 is 13.9 Å². The molecule has 1 atom stereocenters. The first-order valence-electron chi connectivity index (χ1n) is 4.72. The Morgan fingerprint density at radius 3 is 2.31 bits per heavy atom. The molecular weight excluding hydrogens is 236 g/mol. The Kier molecular flexibility index (Phi) is 5.32. The minimum atomic E-state index is -1.04. The van der Waals surface area contributed by atoms with Crippen LogP contribution in [0.25, 0.3) is 0 Å². The Bertz CT molecular complexity index is 352. The van der Waals surface area contributed by atoms with Crippen LogP contribution >= 0.6 is 12.4 Å². The molecule has 0 saturated carbocycles. The lowest BCUT2D eigenvalue weighted by molar-refractivity contribution is 0.0521. The number of benzene rings is 1. The molecule has 16 heavy (non-hydrogen) atoms. The number of nitrogens with two attached hydrogens (primary N) is 1. The lowest BCUT2D eigenvalue weighted by Gasteiger charge is -2.25. The van der Waals surface area contributed by atoms with Crippen LogP contribution in [0.4, 0.5) is 8.78 Å². The van der Waals surface area contributed by atoms with Crippen molar-refractivity contribution in [2.24, 2.45) is 5.73 Å². The second-order valence-corrected chi connectivity index (χ2v) is 4.21. The van der Waals surface area contributed by atoms with Crippen molar-refractivity contribution >= 4 is 12.4 Å². The third-order valence-corrected chi connectivity index (χ3v) is 2.35. The van der Waals surface area contributed by atoms with Gasteiger partial charge in [0.1, 0.15) is 0 Å². The Morgan fingerprint density at radius 1 is 1.31 bits per heavy atom. The van der Waals surface area contributed by atoms with Crippen molar-refractivity contribution in [3.05, 3.63) is 35.4 Å². The molecule has 0 aromatic heterocycles. The molecule has 3 N–H and O–H groups in total. The van der Waals surface area contributed by atoms with Crippen molar-refractivity contribution in [3.8, 4) is 0 Å². The SMILES string of the molecule is CC(C)(O)[C@H](N)Cc1ccc(F)c(F)c1.Cl.